The second-order valence-corrected chi connectivity index (χ2v) is 10.7. The zero-order valence-electron chi connectivity index (χ0n) is 21.1. The summed E-state index contributed by atoms with van der Waals surface area (Å²) in [6.07, 6.45) is 2.03. The number of benzene rings is 2. The van der Waals surface area contributed by atoms with Gasteiger partial charge in [0.2, 0.25) is 9.84 Å². The largest absolute Gasteiger partial charge is 0.493 e. The fourth-order valence-corrected chi connectivity index (χ4v) is 5.90. The Hall–Kier alpha value is -4.44. The summed E-state index contributed by atoms with van der Waals surface area (Å²) in [5.41, 5.74) is 1.72. The molecule has 9 nitrogen and oxygen atoms in total. The number of methoxy groups -OCH3 is 2. The maximum atomic E-state index is 13.6. The topological polar surface area (TPSA) is 116 Å². The Morgan fingerprint density at radius 3 is 2.37 bits per heavy atom. The van der Waals surface area contributed by atoms with Crippen molar-refractivity contribution in [3.8, 4) is 11.5 Å². The zero-order valence-corrected chi connectivity index (χ0v) is 22.0. The van der Waals surface area contributed by atoms with Gasteiger partial charge in [0.1, 0.15) is 21.7 Å². The third-order valence-electron chi connectivity index (χ3n) is 6.51. The van der Waals surface area contributed by atoms with Crippen molar-refractivity contribution in [1.82, 2.24) is 14.0 Å². The predicted octanol–water partition coefficient (Wildman–Crippen LogP) is 3.53. The van der Waals surface area contributed by atoms with Crippen LogP contribution in [0.4, 0.5) is 0 Å². The first-order valence-electron chi connectivity index (χ1n) is 11.9. The highest BCUT2D eigenvalue weighted by Gasteiger charge is 2.24. The van der Waals surface area contributed by atoms with Crippen LogP contribution in [0.15, 0.2) is 87.5 Å². The van der Waals surface area contributed by atoms with Crippen molar-refractivity contribution in [2.24, 2.45) is 0 Å². The van der Waals surface area contributed by atoms with E-state index >= 15 is 0 Å². The molecule has 0 fully saturated rings. The molecule has 0 unspecified atom stereocenters. The van der Waals surface area contributed by atoms with Crippen molar-refractivity contribution < 1.29 is 17.9 Å². The van der Waals surface area contributed by atoms with E-state index in [0.717, 1.165) is 11.1 Å². The van der Waals surface area contributed by atoms with Gasteiger partial charge in [-0.1, -0.05) is 30.3 Å². The fraction of sp³-hybridized carbons (Fsp3) is 0.179. The van der Waals surface area contributed by atoms with Gasteiger partial charge in [-0.25, -0.2) is 13.4 Å². The third-order valence-corrected chi connectivity index (χ3v) is 8.30. The van der Waals surface area contributed by atoms with E-state index in [1.807, 2.05) is 25.1 Å². The maximum Gasteiger partial charge on any atom is 0.267 e. The monoisotopic (exact) mass is 530 g/mol. The number of fused-ring (bicyclic) bond motifs is 2. The van der Waals surface area contributed by atoms with Gasteiger partial charge < -0.3 is 14.0 Å². The molecule has 0 atom stereocenters. The van der Waals surface area contributed by atoms with Crippen LogP contribution in [0.2, 0.25) is 0 Å². The van der Waals surface area contributed by atoms with E-state index in [9.17, 15) is 13.2 Å². The highest BCUT2D eigenvalue weighted by Crippen LogP contribution is 2.28. The molecule has 0 aliphatic carbocycles. The molecule has 38 heavy (non-hydrogen) atoms. The van der Waals surface area contributed by atoms with Crippen LogP contribution in [-0.4, -0.2) is 36.6 Å². The van der Waals surface area contributed by atoms with Gasteiger partial charge in [0.15, 0.2) is 11.5 Å². The third kappa shape index (κ3) is 4.22. The SMILES string of the molecule is COc1ccc(CCn2c(=N)c(S(=O)(=O)c3ccccc3)cc3c(=O)n4cccc(C)c4nc32)cc1OC. The molecule has 0 saturated carbocycles. The Morgan fingerprint density at radius 2 is 1.66 bits per heavy atom. The van der Waals surface area contributed by atoms with Crippen LogP contribution in [0.1, 0.15) is 11.1 Å². The van der Waals surface area contributed by atoms with Crippen molar-refractivity contribution in [2.45, 2.75) is 29.7 Å². The van der Waals surface area contributed by atoms with E-state index < -0.39 is 15.4 Å². The average molecular weight is 531 g/mol. The second kappa shape index (κ2) is 9.79. The number of pyridine rings is 2. The van der Waals surface area contributed by atoms with E-state index in [1.165, 1.54) is 27.2 Å². The van der Waals surface area contributed by atoms with Crippen LogP contribution >= 0.6 is 0 Å². The van der Waals surface area contributed by atoms with Crippen molar-refractivity contribution in [2.75, 3.05) is 14.2 Å². The molecule has 194 valence electrons. The summed E-state index contributed by atoms with van der Waals surface area (Å²) in [6, 6.07) is 18.3. The molecule has 10 heteroatoms. The number of sulfone groups is 1. The number of nitrogens with zero attached hydrogens (tertiary/aromatic N) is 3. The van der Waals surface area contributed by atoms with Gasteiger partial charge in [0, 0.05) is 12.7 Å². The molecular weight excluding hydrogens is 504 g/mol. The standard InChI is InChI=1S/C28H26N4O5S/c1-18-8-7-14-32-26(18)30-27-21(28(32)33)17-24(38(34,35)20-9-5-4-6-10-20)25(29)31(27)15-13-19-11-12-22(36-2)23(16-19)37-3/h4-12,14,16-17,29H,13,15H2,1-3H3. The smallest absolute Gasteiger partial charge is 0.267 e. The van der Waals surface area contributed by atoms with Crippen molar-refractivity contribution in [3.05, 3.63) is 99.9 Å². The van der Waals surface area contributed by atoms with Crippen molar-refractivity contribution in [1.29, 1.82) is 5.41 Å². The number of aromatic nitrogens is 3. The lowest BCUT2D eigenvalue weighted by Crippen LogP contribution is -2.30. The van der Waals surface area contributed by atoms with Crippen LogP contribution in [0, 0.1) is 12.3 Å². The molecule has 0 bridgehead atoms. The highest BCUT2D eigenvalue weighted by atomic mass is 32.2. The maximum absolute atomic E-state index is 13.6. The second-order valence-electron chi connectivity index (χ2n) is 8.80. The quantitative estimate of drug-likeness (QED) is 0.322. The van der Waals surface area contributed by atoms with E-state index in [0.29, 0.717) is 23.6 Å². The summed E-state index contributed by atoms with van der Waals surface area (Å²) in [7, 11) is -0.979. The summed E-state index contributed by atoms with van der Waals surface area (Å²) in [4.78, 5) is 18.1. The highest BCUT2D eigenvalue weighted by molar-refractivity contribution is 7.91. The number of ether oxygens (including phenoxy) is 2. The molecule has 0 radical (unpaired) electrons. The van der Waals surface area contributed by atoms with E-state index in [4.69, 9.17) is 19.9 Å². The molecular formula is C28H26N4O5S. The van der Waals surface area contributed by atoms with Gasteiger partial charge in [-0.05, 0) is 60.9 Å². The van der Waals surface area contributed by atoms with Crippen LogP contribution in [0.5, 0.6) is 11.5 Å². The average Bonchev–Trinajstić information content (AvgIpc) is 2.93. The Kier molecular flexibility index (Phi) is 6.50. The molecule has 0 amide bonds. The summed E-state index contributed by atoms with van der Waals surface area (Å²) < 4.78 is 40.9. The van der Waals surface area contributed by atoms with E-state index in [-0.39, 0.29) is 32.9 Å². The molecule has 0 aliphatic heterocycles. The number of hydrogen-bond acceptors (Lipinski definition) is 7. The lowest BCUT2D eigenvalue weighted by molar-refractivity contribution is 0.354. The number of rotatable bonds is 7. The first-order valence-corrected chi connectivity index (χ1v) is 13.4. The van der Waals surface area contributed by atoms with Crippen LogP contribution < -0.4 is 20.5 Å². The van der Waals surface area contributed by atoms with Gasteiger partial charge in [0.05, 0.1) is 24.5 Å². The molecule has 2 aromatic carbocycles. The fourth-order valence-electron chi connectivity index (χ4n) is 4.50. The zero-order chi connectivity index (χ0) is 27.0. The summed E-state index contributed by atoms with van der Waals surface area (Å²) in [5.74, 6) is 1.15. The van der Waals surface area contributed by atoms with Crippen molar-refractivity contribution in [3.63, 3.8) is 0 Å². The lowest BCUT2D eigenvalue weighted by Gasteiger charge is -2.16. The molecule has 5 rings (SSSR count). The summed E-state index contributed by atoms with van der Waals surface area (Å²) >= 11 is 0. The van der Waals surface area contributed by atoms with E-state index in [1.54, 1.807) is 50.7 Å². The molecule has 0 spiro atoms. The van der Waals surface area contributed by atoms with Crippen LogP contribution in [0.3, 0.4) is 0 Å². The first kappa shape index (κ1) is 25.2. The van der Waals surface area contributed by atoms with Gasteiger partial charge >= 0.3 is 0 Å². The normalized spacial score (nSPS) is 11.7. The summed E-state index contributed by atoms with van der Waals surface area (Å²) in [6.45, 7) is 2.05. The molecule has 3 aromatic heterocycles. The van der Waals surface area contributed by atoms with Gasteiger partial charge in [-0.15, -0.1) is 0 Å². The molecule has 1 N–H and O–H groups in total. The Balaban J connectivity index is 1.76. The Labute approximate surface area is 219 Å². The molecule has 3 heterocycles. The van der Waals surface area contributed by atoms with Crippen LogP contribution in [0.25, 0.3) is 16.7 Å². The molecule has 5 aromatic rings. The van der Waals surface area contributed by atoms with Gasteiger partial charge in [-0.3, -0.25) is 14.6 Å². The minimum Gasteiger partial charge on any atom is -0.493 e. The Bertz CT molecular complexity index is 1910. The first-order chi connectivity index (χ1) is 18.3. The number of aryl methyl sites for hydroxylation is 3. The number of nitrogens with one attached hydrogen (secondary N) is 1. The van der Waals surface area contributed by atoms with Gasteiger partial charge in [-0.2, -0.15) is 0 Å². The van der Waals surface area contributed by atoms with Crippen molar-refractivity contribution >= 4 is 26.5 Å². The van der Waals surface area contributed by atoms with E-state index in [2.05, 4.69) is 0 Å². The van der Waals surface area contributed by atoms with Gasteiger partial charge in [0.25, 0.3) is 5.56 Å². The number of hydrogen-bond donors (Lipinski definition) is 1. The summed E-state index contributed by atoms with van der Waals surface area (Å²) in [5, 5.41) is 9.08. The Morgan fingerprint density at radius 1 is 0.921 bits per heavy atom. The minimum absolute atomic E-state index is 0.0454. The predicted molar refractivity (Wildman–Crippen MR) is 143 cm³/mol. The van der Waals surface area contributed by atoms with Crippen LogP contribution in [-0.2, 0) is 22.8 Å². The molecule has 0 saturated heterocycles. The minimum atomic E-state index is -4.09. The lowest BCUT2D eigenvalue weighted by atomic mass is 10.1. The molecule has 0 aliphatic rings.